The number of hydrogen-bond donors (Lipinski definition) is 0. The quantitative estimate of drug-likeness (QED) is 0.837. The summed E-state index contributed by atoms with van der Waals surface area (Å²) in [7, 11) is 0. The van der Waals surface area contributed by atoms with Gasteiger partial charge in [0.1, 0.15) is 0 Å². The highest BCUT2D eigenvalue weighted by molar-refractivity contribution is 5.14. The fourth-order valence-corrected chi connectivity index (χ4v) is 4.45. The standard InChI is InChI=1S/C20H32N2/c1-17-14-18(2)16-22(15-17)20-9-12-21(13-10-20)11-8-19-6-4-3-5-7-19/h3-7,17-18,20H,8-16H2,1-2H3/t17-,18+. The van der Waals surface area contributed by atoms with Gasteiger partial charge < -0.3 is 4.90 Å². The maximum Gasteiger partial charge on any atom is 0.0120 e. The van der Waals surface area contributed by atoms with Crippen molar-refractivity contribution < 1.29 is 0 Å². The van der Waals surface area contributed by atoms with Crippen molar-refractivity contribution in [2.45, 2.75) is 45.6 Å². The lowest BCUT2D eigenvalue weighted by Gasteiger charge is -2.43. The lowest BCUT2D eigenvalue weighted by Crippen LogP contribution is -2.50. The summed E-state index contributed by atoms with van der Waals surface area (Å²) in [6.07, 6.45) is 5.36. The molecule has 22 heavy (non-hydrogen) atoms. The molecule has 0 amide bonds. The number of benzene rings is 1. The highest BCUT2D eigenvalue weighted by Crippen LogP contribution is 2.26. The molecule has 2 aliphatic heterocycles. The van der Waals surface area contributed by atoms with Gasteiger partial charge >= 0.3 is 0 Å². The van der Waals surface area contributed by atoms with E-state index in [1.54, 1.807) is 0 Å². The van der Waals surface area contributed by atoms with E-state index < -0.39 is 0 Å². The summed E-state index contributed by atoms with van der Waals surface area (Å²) in [5, 5.41) is 0. The molecule has 2 nitrogen and oxygen atoms in total. The van der Waals surface area contributed by atoms with Crippen molar-refractivity contribution in [3.05, 3.63) is 35.9 Å². The average molecular weight is 300 g/mol. The molecule has 2 heteroatoms. The second-order valence-electron chi connectivity index (χ2n) is 7.71. The van der Waals surface area contributed by atoms with Gasteiger partial charge in [0, 0.05) is 25.7 Å². The summed E-state index contributed by atoms with van der Waals surface area (Å²) in [5.41, 5.74) is 1.48. The lowest BCUT2D eigenvalue weighted by atomic mass is 9.89. The van der Waals surface area contributed by atoms with Crippen LogP contribution >= 0.6 is 0 Å². The molecule has 3 rings (SSSR count). The van der Waals surface area contributed by atoms with Crippen LogP contribution in [0.4, 0.5) is 0 Å². The molecule has 2 atom stereocenters. The van der Waals surface area contributed by atoms with Gasteiger partial charge in [-0.3, -0.25) is 4.90 Å². The van der Waals surface area contributed by atoms with Crippen molar-refractivity contribution in [2.75, 3.05) is 32.7 Å². The Morgan fingerprint density at radius 2 is 1.59 bits per heavy atom. The number of likely N-dealkylation sites (tertiary alicyclic amines) is 2. The third-order valence-electron chi connectivity index (χ3n) is 5.53. The molecule has 0 saturated carbocycles. The minimum absolute atomic E-state index is 0.846. The predicted octanol–water partition coefficient (Wildman–Crippen LogP) is 3.67. The van der Waals surface area contributed by atoms with E-state index in [2.05, 4.69) is 54.0 Å². The van der Waals surface area contributed by atoms with E-state index in [4.69, 9.17) is 0 Å². The van der Waals surface area contributed by atoms with E-state index in [1.807, 2.05) is 0 Å². The van der Waals surface area contributed by atoms with Gasteiger partial charge in [0.05, 0.1) is 0 Å². The smallest absolute Gasteiger partial charge is 0.0120 e. The summed E-state index contributed by atoms with van der Waals surface area (Å²) >= 11 is 0. The van der Waals surface area contributed by atoms with Crippen molar-refractivity contribution >= 4 is 0 Å². The Hall–Kier alpha value is -0.860. The van der Waals surface area contributed by atoms with Crippen molar-refractivity contribution in [3.63, 3.8) is 0 Å². The van der Waals surface area contributed by atoms with Crippen LogP contribution in [0.2, 0.25) is 0 Å². The number of nitrogens with zero attached hydrogens (tertiary/aromatic N) is 2. The van der Waals surface area contributed by atoms with Crippen LogP contribution in [-0.2, 0) is 6.42 Å². The van der Waals surface area contributed by atoms with Crippen molar-refractivity contribution in [2.24, 2.45) is 11.8 Å². The first-order chi connectivity index (χ1) is 10.7. The first kappa shape index (κ1) is 16.0. The second kappa shape index (κ2) is 7.61. The zero-order valence-corrected chi connectivity index (χ0v) is 14.4. The van der Waals surface area contributed by atoms with Gasteiger partial charge in [-0.05, 0) is 56.2 Å². The number of piperidine rings is 2. The molecule has 0 aromatic heterocycles. The molecule has 0 bridgehead atoms. The maximum absolute atomic E-state index is 2.80. The monoisotopic (exact) mass is 300 g/mol. The molecule has 0 aliphatic carbocycles. The Morgan fingerprint density at radius 3 is 2.23 bits per heavy atom. The van der Waals surface area contributed by atoms with Gasteiger partial charge in [-0.2, -0.15) is 0 Å². The molecule has 0 unspecified atom stereocenters. The molecular weight excluding hydrogens is 268 g/mol. The summed E-state index contributed by atoms with van der Waals surface area (Å²) in [6, 6.07) is 11.8. The largest absolute Gasteiger partial charge is 0.303 e. The average Bonchev–Trinajstić information content (AvgIpc) is 2.53. The van der Waals surface area contributed by atoms with Gasteiger partial charge in [-0.25, -0.2) is 0 Å². The second-order valence-corrected chi connectivity index (χ2v) is 7.71. The molecule has 0 N–H and O–H groups in total. The van der Waals surface area contributed by atoms with E-state index in [9.17, 15) is 0 Å². The maximum atomic E-state index is 2.80. The van der Waals surface area contributed by atoms with Crippen LogP contribution in [0.5, 0.6) is 0 Å². The minimum atomic E-state index is 0.846. The zero-order valence-electron chi connectivity index (χ0n) is 14.4. The Kier molecular flexibility index (Phi) is 5.54. The summed E-state index contributed by atoms with van der Waals surface area (Å²) in [5.74, 6) is 1.78. The third-order valence-corrected chi connectivity index (χ3v) is 5.53. The van der Waals surface area contributed by atoms with E-state index >= 15 is 0 Å². The molecule has 0 radical (unpaired) electrons. The number of hydrogen-bond acceptors (Lipinski definition) is 2. The molecule has 122 valence electrons. The van der Waals surface area contributed by atoms with Gasteiger partial charge in [0.15, 0.2) is 0 Å². The van der Waals surface area contributed by atoms with Gasteiger partial charge in [0.2, 0.25) is 0 Å². The lowest BCUT2D eigenvalue weighted by molar-refractivity contribution is 0.0550. The number of rotatable bonds is 4. The van der Waals surface area contributed by atoms with Crippen LogP contribution in [-0.4, -0.2) is 48.6 Å². The first-order valence-corrected chi connectivity index (χ1v) is 9.21. The minimum Gasteiger partial charge on any atom is -0.303 e. The highest BCUT2D eigenvalue weighted by atomic mass is 15.2. The van der Waals surface area contributed by atoms with Crippen LogP contribution in [0.15, 0.2) is 30.3 Å². The summed E-state index contributed by atoms with van der Waals surface area (Å²) in [6.45, 7) is 11.3. The fourth-order valence-electron chi connectivity index (χ4n) is 4.45. The normalized spacial score (nSPS) is 28.8. The van der Waals surface area contributed by atoms with Crippen LogP contribution in [0, 0.1) is 11.8 Å². The van der Waals surface area contributed by atoms with Crippen LogP contribution in [0.1, 0.15) is 38.7 Å². The van der Waals surface area contributed by atoms with Crippen LogP contribution in [0.25, 0.3) is 0 Å². The first-order valence-electron chi connectivity index (χ1n) is 9.21. The Balaban J connectivity index is 1.42. The SMILES string of the molecule is C[C@@H]1C[C@H](C)CN(C2CCN(CCc3ccccc3)CC2)C1. The summed E-state index contributed by atoms with van der Waals surface area (Å²) < 4.78 is 0. The highest BCUT2D eigenvalue weighted by Gasteiger charge is 2.29. The van der Waals surface area contributed by atoms with E-state index in [0.29, 0.717) is 0 Å². The Labute approximate surface area is 136 Å². The molecular formula is C20H32N2. The fraction of sp³-hybridized carbons (Fsp3) is 0.700. The van der Waals surface area contributed by atoms with Gasteiger partial charge in [0.25, 0.3) is 0 Å². The molecule has 2 aliphatic rings. The van der Waals surface area contributed by atoms with Crippen molar-refractivity contribution in [3.8, 4) is 0 Å². The molecule has 0 spiro atoms. The molecule has 1 aromatic rings. The van der Waals surface area contributed by atoms with Crippen molar-refractivity contribution in [1.29, 1.82) is 0 Å². The van der Waals surface area contributed by atoms with Crippen molar-refractivity contribution in [1.82, 2.24) is 9.80 Å². The third kappa shape index (κ3) is 4.33. The molecule has 2 saturated heterocycles. The van der Waals surface area contributed by atoms with E-state index in [0.717, 1.165) is 17.9 Å². The molecule has 2 fully saturated rings. The predicted molar refractivity (Wildman–Crippen MR) is 94.1 cm³/mol. The van der Waals surface area contributed by atoms with E-state index in [-0.39, 0.29) is 0 Å². The van der Waals surface area contributed by atoms with Crippen LogP contribution in [0.3, 0.4) is 0 Å². The van der Waals surface area contributed by atoms with Gasteiger partial charge in [-0.15, -0.1) is 0 Å². The van der Waals surface area contributed by atoms with Gasteiger partial charge in [-0.1, -0.05) is 44.2 Å². The molecule has 1 aromatic carbocycles. The van der Waals surface area contributed by atoms with Crippen LogP contribution < -0.4 is 0 Å². The molecule has 2 heterocycles. The van der Waals surface area contributed by atoms with E-state index in [1.165, 1.54) is 64.0 Å². The zero-order chi connectivity index (χ0) is 15.4. The summed E-state index contributed by atoms with van der Waals surface area (Å²) in [4.78, 5) is 5.47. The Bertz CT molecular complexity index is 426. The topological polar surface area (TPSA) is 6.48 Å². The Morgan fingerprint density at radius 1 is 0.955 bits per heavy atom.